The van der Waals surface area contributed by atoms with E-state index >= 15 is 0 Å². The van der Waals surface area contributed by atoms with Gasteiger partial charge in [0.05, 0.1) is 18.6 Å². The summed E-state index contributed by atoms with van der Waals surface area (Å²) in [5.41, 5.74) is 1.54. The fraction of sp³-hybridized carbons (Fsp3) is 0.588. The first-order valence-electron chi connectivity index (χ1n) is 7.81. The Balaban J connectivity index is 2.97. The molecule has 1 amide bonds. The van der Waals surface area contributed by atoms with E-state index in [1.807, 2.05) is 12.1 Å². The van der Waals surface area contributed by atoms with Gasteiger partial charge in [-0.2, -0.15) is 0 Å². The number of carbonyl (C=O) groups excluding carboxylic acids is 1. The summed E-state index contributed by atoms with van der Waals surface area (Å²) < 4.78 is 30.2. The summed E-state index contributed by atoms with van der Waals surface area (Å²) in [5, 5.41) is 2.72. The highest BCUT2D eigenvalue weighted by Crippen LogP contribution is 2.25. The standard InChI is InChI=1S/C17H28N2O4S/c1-13(12-23-5)18-16(20)11-19(24(6,21)22)15-9-7-14(8-10-15)17(2,3)4/h7-10,13H,11-12H2,1-6H3,(H,18,20)/t13-/m1/s1. The highest BCUT2D eigenvalue weighted by Gasteiger charge is 2.22. The second-order valence-electron chi connectivity index (χ2n) is 6.99. The summed E-state index contributed by atoms with van der Waals surface area (Å²) in [6, 6.07) is 7.05. The second-order valence-corrected chi connectivity index (χ2v) is 8.90. The van der Waals surface area contributed by atoms with Gasteiger partial charge in [0.1, 0.15) is 6.54 Å². The van der Waals surface area contributed by atoms with Crippen LogP contribution in [0.15, 0.2) is 24.3 Å². The van der Waals surface area contributed by atoms with Gasteiger partial charge in [-0.1, -0.05) is 32.9 Å². The number of hydrogen-bond acceptors (Lipinski definition) is 4. The maximum atomic E-state index is 12.1. The van der Waals surface area contributed by atoms with Crippen LogP contribution in [0.4, 0.5) is 5.69 Å². The molecule has 136 valence electrons. The summed E-state index contributed by atoms with van der Waals surface area (Å²) in [7, 11) is -2.02. The summed E-state index contributed by atoms with van der Waals surface area (Å²) in [6.07, 6.45) is 1.09. The number of nitrogens with one attached hydrogen (secondary N) is 1. The monoisotopic (exact) mass is 356 g/mol. The van der Waals surface area contributed by atoms with Crippen molar-refractivity contribution in [2.24, 2.45) is 0 Å². The average Bonchev–Trinajstić information content (AvgIpc) is 2.43. The quantitative estimate of drug-likeness (QED) is 0.810. The van der Waals surface area contributed by atoms with E-state index in [0.29, 0.717) is 12.3 Å². The van der Waals surface area contributed by atoms with E-state index < -0.39 is 10.0 Å². The number of carbonyl (C=O) groups is 1. The molecule has 1 atom stereocenters. The van der Waals surface area contributed by atoms with Gasteiger partial charge in [0, 0.05) is 13.2 Å². The molecular formula is C17H28N2O4S. The van der Waals surface area contributed by atoms with Crippen molar-refractivity contribution < 1.29 is 17.9 Å². The molecule has 0 unspecified atom stereocenters. The molecule has 0 fully saturated rings. The van der Waals surface area contributed by atoms with Crippen LogP contribution >= 0.6 is 0 Å². The third kappa shape index (κ3) is 6.13. The van der Waals surface area contributed by atoms with E-state index in [2.05, 4.69) is 26.1 Å². The van der Waals surface area contributed by atoms with Crippen molar-refractivity contribution in [3.63, 3.8) is 0 Å². The predicted molar refractivity (Wildman–Crippen MR) is 96.8 cm³/mol. The molecule has 0 aliphatic heterocycles. The van der Waals surface area contributed by atoms with Gasteiger partial charge in [-0.05, 0) is 30.0 Å². The van der Waals surface area contributed by atoms with E-state index in [1.54, 1.807) is 26.2 Å². The minimum atomic E-state index is -3.57. The van der Waals surface area contributed by atoms with Crippen molar-refractivity contribution in [1.29, 1.82) is 0 Å². The summed E-state index contributed by atoms with van der Waals surface area (Å²) in [5.74, 6) is -0.370. The van der Waals surface area contributed by atoms with E-state index in [9.17, 15) is 13.2 Å². The Bertz CT molecular complexity index is 648. The van der Waals surface area contributed by atoms with E-state index in [-0.39, 0.29) is 23.9 Å². The molecule has 0 bridgehead atoms. The van der Waals surface area contributed by atoms with Gasteiger partial charge in [0.15, 0.2) is 0 Å². The van der Waals surface area contributed by atoms with Crippen molar-refractivity contribution in [1.82, 2.24) is 5.32 Å². The van der Waals surface area contributed by atoms with Crippen LogP contribution < -0.4 is 9.62 Å². The van der Waals surface area contributed by atoms with Gasteiger partial charge in [-0.25, -0.2) is 8.42 Å². The largest absolute Gasteiger partial charge is 0.383 e. The van der Waals surface area contributed by atoms with Crippen molar-refractivity contribution >= 4 is 21.6 Å². The van der Waals surface area contributed by atoms with E-state index in [0.717, 1.165) is 16.1 Å². The van der Waals surface area contributed by atoms with Crippen LogP contribution in [0.2, 0.25) is 0 Å². The smallest absolute Gasteiger partial charge is 0.241 e. The molecular weight excluding hydrogens is 328 g/mol. The van der Waals surface area contributed by atoms with Crippen LogP contribution in [0.3, 0.4) is 0 Å². The number of anilines is 1. The first-order chi connectivity index (χ1) is 10.9. The Hall–Kier alpha value is -1.60. The number of hydrogen-bond donors (Lipinski definition) is 1. The second kappa shape index (κ2) is 7.98. The molecule has 0 aromatic heterocycles. The number of methoxy groups -OCH3 is 1. The zero-order valence-corrected chi connectivity index (χ0v) is 16.1. The van der Waals surface area contributed by atoms with Gasteiger partial charge in [0.25, 0.3) is 0 Å². The molecule has 0 saturated heterocycles. The van der Waals surface area contributed by atoms with Gasteiger partial charge in [-0.15, -0.1) is 0 Å². The van der Waals surface area contributed by atoms with Crippen LogP contribution in [-0.4, -0.2) is 46.9 Å². The molecule has 0 heterocycles. The molecule has 7 heteroatoms. The predicted octanol–water partition coefficient (Wildman–Crippen LogP) is 1.90. The molecule has 0 aliphatic rings. The lowest BCUT2D eigenvalue weighted by atomic mass is 9.87. The SMILES string of the molecule is COC[C@@H](C)NC(=O)CN(c1ccc(C(C)(C)C)cc1)S(C)(=O)=O. The maximum absolute atomic E-state index is 12.1. The lowest BCUT2D eigenvalue weighted by Crippen LogP contribution is -2.44. The van der Waals surface area contributed by atoms with Crippen LogP contribution in [0.5, 0.6) is 0 Å². The van der Waals surface area contributed by atoms with Crippen molar-refractivity contribution in [2.75, 3.05) is 30.8 Å². The number of benzene rings is 1. The van der Waals surface area contributed by atoms with Gasteiger partial charge < -0.3 is 10.1 Å². The van der Waals surface area contributed by atoms with Crippen LogP contribution in [0.1, 0.15) is 33.3 Å². The number of amides is 1. The lowest BCUT2D eigenvalue weighted by molar-refractivity contribution is -0.120. The van der Waals surface area contributed by atoms with Crippen LogP contribution in [0.25, 0.3) is 0 Å². The number of rotatable bonds is 7. The fourth-order valence-electron chi connectivity index (χ4n) is 2.27. The molecule has 0 aliphatic carbocycles. The fourth-order valence-corrected chi connectivity index (χ4v) is 3.13. The van der Waals surface area contributed by atoms with Crippen LogP contribution in [-0.2, 0) is 25.0 Å². The first kappa shape index (κ1) is 20.4. The zero-order chi connectivity index (χ0) is 18.5. The zero-order valence-electron chi connectivity index (χ0n) is 15.3. The van der Waals surface area contributed by atoms with Crippen molar-refractivity contribution in [3.8, 4) is 0 Å². The maximum Gasteiger partial charge on any atom is 0.241 e. The van der Waals surface area contributed by atoms with Gasteiger partial charge >= 0.3 is 0 Å². The topological polar surface area (TPSA) is 75.7 Å². The lowest BCUT2D eigenvalue weighted by Gasteiger charge is -2.25. The van der Waals surface area contributed by atoms with Gasteiger partial charge in [0.2, 0.25) is 15.9 Å². The highest BCUT2D eigenvalue weighted by molar-refractivity contribution is 7.92. The molecule has 1 aromatic rings. The Morgan fingerprint density at radius 3 is 2.21 bits per heavy atom. The molecule has 1 aromatic carbocycles. The summed E-state index contributed by atoms with van der Waals surface area (Å²) in [6.45, 7) is 8.15. The molecule has 6 nitrogen and oxygen atoms in total. The molecule has 0 saturated carbocycles. The molecule has 0 spiro atoms. The Labute approximate surface area is 145 Å². The minimum Gasteiger partial charge on any atom is -0.383 e. The molecule has 1 N–H and O–H groups in total. The van der Waals surface area contributed by atoms with Gasteiger partial charge in [-0.3, -0.25) is 9.10 Å². The molecule has 1 rings (SSSR count). The highest BCUT2D eigenvalue weighted by atomic mass is 32.2. The summed E-state index contributed by atoms with van der Waals surface area (Å²) >= 11 is 0. The number of sulfonamides is 1. The Morgan fingerprint density at radius 1 is 1.25 bits per heavy atom. The number of nitrogens with zero attached hydrogens (tertiary/aromatic N) is 1. The Kier molecular flexibility index (Phi) is 6.80. The minimum absolute atomic E-state index is 0.0264. The molecule has 0 radical (unpaired) electrons. The third-order valence-corrected chi connectivity index (χ3v) is 4.67. The first-order valence-corrected chi connectivity index (χ1v) is 9.66. The Morgan fingerprint density at radius 2 is 1.79 bits per heavy atom. The average molecular weight is 356 g/mol. The number of ether oxygens (including phenoxy) is 1. The third-order valence-electron chi connectivity index (χ3n) is 3.53. The van der Waals surface area contributed by atoms with E-state index in [4.69, 9.17) is 4.74 Å². The van der Waals surface area contributed by atoms with Crippen molar-refractivity contribution in [2.45, 2.75) is 39.2 Å². The van der Waals surface area contributed by atoms with Crippen molar-refractivity contribution in [3.05, 3.63) is 29.8 Å². The normalized spacial score (nSPS) is 13.4. The van der Waals surface area contributed by atoms with E-state index in [1.165, 1.54) is 0 Å². The summed E-state index contributed by atoms with van der Waals surface area (Å²) in [4.78, 5) is 12.1. The molecule has 24 heavy (non-hydrogen) atoms. The van der Waals surface area contributed by atoms with Crippen LogP contribution in [0, 0.1) is 0 Å².